The molecule has 0 radical (unpaired) electrons. The molecule has 2 aromatic carbocycles. The number of nitrogens with zero attached hydrogens (tertiary/aromatic N) is 1. The molecule has 0 spiro atoms. The fourth-order valence-corrected chi connectivity index (χ4v) is 5.39. The molecule has 1 N–H and O–H groups in total. The lowest BCUT2D eigenvalue weighted by Gasteiger charge is -2.27. The van der Waals surface area contributed by atoms with Gasteiger partial charge in [0.15, 0.2) is 0 Å². The van der Waals surface area contributed by atoms with Crippen LogP contribution in [0.4, 0.5) is 0 Å². The number of thioether (sulfide) groups is 1. The topological polar surface area (TPSA) is 49.4 Å². The van der Waals surface area contributed by atoms with E-state index in [0.717, 1.165) is 36.1 Å². The van der Waals surface area contributed by atoms with Crippen LogP contribution >= 0.6 is 11.8 Å². The molecule has 1 aliphatic carbocycles. The summed E-state index contributed by atoms with van der Waals surface area (Å²) in [6.07, 6.45) is 8.05. The third-order valence-electron chi connectivity index (χ3n) is 6.05. The van der Waals surface area contributed by atoms with Crippen molar-refractivity contribution in [2.45, 2.75) is 50.4 Å². The third kappa shape index (κ3) is 5.59. The highest BCUT2D eigenvalue weighted by Crippen LogP contribution is 2.27. The van der Waals surface area contributed by atoms with E-state index in [9.17, 15) is 9.59 Å². The molecule has 31 heavy (non-hydrogen) atoms. The summed E-state index contributed by atoms with van der Waals surface area (Å²) in [4.78, 5) is 27.9. The minimum atomic E-state index is -0.464. The molecule has 0 fully saturated rings. The zero-order valence-electron chi connectivity index (χ0n) is 17.9. The number of rotatable bonds is 9. The summed E-state index contributed by atoms with van der Waals surface area (Å²) >= 11 is 1.71. The molecule has 1 atom stereocenters. The minimum absolute atomic E-state index is 0.0361. The number of nitrogens with one attached hydrogen (secondary N) is 1. The molecule has 2 aromatic rings. The molecule has 1 aliphatic heterocycles. The Hall–Kier alpha value is -2.53. The summed E-state index contributed by atoms with van der Waals surface area (Å²) in [7, 11) is 0. The quantitative estimate of drug-likeness (QED) is 0.568. The molecule has 5 heteroatoms. The van der Waals surface area contributed by atoms with Gasteiger partial charge in [-0.05, 0) is 49.3 Å². The van der Waals surface area contributed by atoms with Gasteiger partial charge >= 0.3 is 0 Å². The lowest BCUT2D eigenvalue weighted by molar-refractivity contribution is -0.124. The summed E-state index contributed by atoms with van der Waals surface area (Å²) in [6.45, 7) is 1.14. The predicted octanol–water partition coefficient (Wildman–Crippen LogP) is 4.95. The maximum atomic E-state index is 13.2. The molecule has 1 heterocycles. The molecule has 4 nitrogen and oxygen atoms in total. The highest BCUT2D eigenvalue weighted by molar-refractivity contribution is 7.98. The zero-order valence-corrected chi connectivity index (χ0v) is 18.7. The number of hydrogen-bond donors (Lipinski definition) is 1. The van der Waals surface area contributed by atoms with E-state index in [2.05, 4.69) is 23.5 Å². The molecule has 0 bridgehead atoms. The number of amides is 2. The first-order chi connectivity index (χ1) is 15.2. The largest absolute Gasteiger partial charge is 0.354 e. The Morgan fingerprint density at radius 3 is 2.65 bits per heavy atom. The molecule has 0 saturated heterocycles. The molecule has 162 valence electrons. The standard InChI is InChI=1S/C26H30N2O2S/c29-25(27-16-15-20-9-3-1-4-10-20)24(19-31-18-21-11-5-2-6-12-21)28-17-22-13-7-8-14-23(22)26(28)30/h2,5-9,11-14,24H,1,3-4,10,15-19H2,(H,27,29). The van der Waals surface area contributed by atoms with Crippen LogP contribution in [0.1, 0.15) is 53.6 Å². The van der Waals surface area contributed by atoms with Crippen molar-refractivity contribution in [3.8, 4) is 0 Å². The van der Waals surface area contributed by atoms with Gasteiger partial charge in [0, 0.05) is 30.2 Å². The van der Waals surface area contributed by atoms with Crippen LogP contribution in [0.15, 0.2) is 66.2 Å². The van der Waals surface area contributed by atoms with Crippen LogP contribution in [0.5, 0.6) is 0 Å². The number of carbonyl (C=O) groups is 2. The highest BCUT2D eigenvalue weighted by atomic mass is 32.2. The van der Waals surface area contributed by atoms with Crippen LogP contribution in [0.25, 0.3) is 0 Å². The third-order valence-corrected chi connectivity index (χ3v) is 7.13. The van der Waals surface area contributed by atoms with Crippen LogP contribution in [0.2, 0.25) is 0 Å². The molecule has 2 aliphatic rings. The zero-order chi connectivity index (χ0) is 21.5. The SMILES string of the molecule is O=C(NCCC1=CCCCC1)C(CSCc1ccccc1)N1Cc2ccccc2C1=O. The second-order valence-electron chi connectivity index (χ2n) is 8.26. The number of hydrogen-bond acceptors (Lipinski definition) is 3. The van der Waals surface area contributed by atoms with E-state index in [1.54, 1.807) is 16.7 Å². The van der Waals surface area contributed by atoms with Gasteiger partial charge in [-0.25, -0.2) is 0 Å². The Labute approximate surface area is 189 Å². The van der Waals surface area contributed by atoms with E-state index in [4.69, 9.17) is 0 Å². The highest BCUT2D eigenvalue weighted by Gasteiger charge is 2.36. The van der Waals surface area contributed by atoms with Gasteiger partial charge in [0.05, 0.1) is 0 Å². The molecule has 1 unspecified atom stereocenters. The Kier molecular flexibility index (Phi) is 7.47. The van der Waals surface area contributed by atoms with Crippen LogP contribution in [-0.2, 0) is 17.1 Å². The van der Waals surface area contributed by atoms with Crippen molar-refractivity contribution in [1.29, 1.82) is 0 Å². The fourth-order valence-electron chi connectivity index (χ4n) is 4.29. The molecule has 0 saturated carbocycles. The van der Waals surface area contributed by atoms with Crippen molar-refractivity contribution in [3.63, 3.8) is 0 Å². The normalized spacial score (nSPS) is 16.6. The van der Waals surface area contributed by atoms with Crippen LogP contribution in [0.3, 0.4) is 0 Å². The number of fused-ring (bicyclic) bond motifs is 1. The average molecular weight is 435 g/mol. The second-order valence-corrected chi connectivity index (χ2v) is 9.29. The smallest absolute Gasteiger partial charge is 0.255 e. The maximum absolute atomic E-state index is 13.2. The van der Waals surface area contributed by atoms with E-state index in [1.165, 1.54) is 24.0 Å². The van der Waals surface area contributed by atoms with Gasteiger partial charge in [0.2, 0.25) is 5.91 Å². The maximum Gasteiger partial charge on any atom is 0.255 e. The summed E-state index contributed by atoms with van der Waals surface area (Å²) in [5.41, 5.74) is 4.41. The van der Waals surface area contributed by atoms with Crippen LogP contribution in [-0.4, -0.2) is 35.1 Å². The summed E-state index contributed by atoms with van der Waals surface area (Å²) < 4.78 is 0. The summed E-state index contributed by atoms with van der Waals surface area (Å²) in [5, 5.41) is 3.12. The van der Waals surface area contributed by atoms with Crippen LogP contribution < -0.4 is 5.32 Å². The van der Waals surface area contributed by atoms with Crippen molar-refractivity contribution in [1.82, 2.24) is 10.2 Å². The van der Waals surface area contributed by atoms with E-state index < -0.39 is 6.04 Å². The van der Waals surface area contributed by atoms with Gasteiger partial charge in [-0.2, -0.15) is 11.8 Å². The van der Waals surface area contributed by atoms with Crippen molar-refractivity contribution in [2.24, 2.45) is 0 Å². The molecule has 2 amide bonds. The van der Waals surface area contributed by atoms with Gasteiger partial charge in [-0.15, -0.1) is 0 Å². The fraction of sp³-hybridized carbons (Fsp3) is 0.385. The first-order valence-electron chi connectivity index (χ1n) is 11.2. The van der Waals surface area contributed by atoms with Gasteiger partial charge < -0.3 is 10.2 Å². The van der Waals surface area contributed by atoms with Crippen molar-refractivity contribution >= 4 is 23.6 Å². The van der Waals surface area contributed by atoms with E-state index >= 15 is 0 Å². The van der Waals surface area contributed by atoms with Crippen molar-refractivity contribution in [2.75, 3.05) is 12.3 Å². The lowest BCUT2D eigenvalue weighted by Crippen LogP contribution is -2.49. The molecule has 4 rings (SSSR count). The molecular weight excluding hydrogens is 404 g/mol. The predicted molar refractivity (Wildman–Crippen MR) is 127 cm³/mol. The second kappa shape index (κ2) is 10.7. The van der Waals surface area contributed by atoms with Gasteiger partial charge in [0.1, 0.15) is 6.04 Å². The Morgan fingerprint density at radius 2 is 1.87 bits per heavy atom. The van der Waals surface area contributed by atoms with Gasteiger partial charge in [-0.3, -0.25) is 9.59 Å². The lowest BCUT2D eigenvalue weighted by atomic mass is 9.97. The van der Waals surface area contributed by atoms with Crippen LogP contribution in [0, 0.1) is 0 Å². The average Bonchev–Trinajstić information content (AvgIpc) is 3.14. The Balaban J connectivity index is 1.40. The van der Waals surface area contributed by atoms with Gasteiger partial charge in [-0.1, -0.05) is 60.2 Å². The van der Waals surface area contributed by atoms with Crippen molar-refractivity contribution < 1.29 is 9.59 Å². The number of carbonyl (C=O) groups excluding carboxylic acids is 2. The first-order valence-corrected chi connectivity index (χ1v) is 12.3. The molecule has 0 aromatic heterocycles. The van der Waals surface area contributed by atoms with E-state index in [-0.39, 0.29) is 11.8 Å². The number of allylic oxidation sites excluding steroid dienone is 1. The Morgan fingerprint density at radius 1 is 1.06 bits per heavy atom. The van der Waals surface area contributed by atoms with Crippen molar-refractivity contribution in [3.05, 3.63) is 82.9 Å². The summed E-state index contributed by atoms with van der Waals surface area (Å²) in [6, 6.07) is 17.5. The van der Waals surface area contributed by atoms with E-state index in [0.29, 0.717) is 18.8 Å². The number of benzene rings is 2. The summed E-state index contributed by atoms with van der Waals surface area (Å²) in [5.74, 6) is 1.33. The minimum Gasteiger partial charge on any atom is -0.354 e. The monoisotopic (exact) mass is 434 g/mol. The Bertz CT molecular complexity index is 941. The van der Waals surface area contributed by atoms with Gasteiger partial charge in [0.25, 0.3) is 5.91 Å². The molecular formula is C26H30N2O2S. The first kappa shape index (κ1) is 21.7. The van der Waals surface area contributed by atoms with E-state index in [1.807, 2.05) is 42.5 Å².